The second-order valence-electron chi connectivity index (χ2n) is 6.38. The Labute approximate surface area is 139 Å². The average molecular weight is 323 g/mol. The average Bonchev–Trinajstić information content (AvgIpc) is 2.51. The highest BCUT2D eigenvalue weighted by Crippen LogP contribution is 2.15. The van der Waals surface area contributed by atoms with Gasteiger partial charge in [-0.1, -0.05) is 30.7 Å². The summed E-state index contributed by atoms with van der Waals surface area (Å²) >= 11 is 5.85. The number of rotatable bonds is 7. The lowest BCUT2D eigenvalue weighted by Gasteiger charge is -2.30. The smallest absolute Gasteiger partial charge is 0.220 e. The Kier molecular flexibility index (Phi) is 7.20. The molecule has 0 spiro atoms. The van der Waals surface area contributed by atoms with Crippen LogP contribution in [0.15, 0.2) is 24.3 Å². The highest BCUT2D eigenvalue weighted by atomic mass is 35.5. The number of halogens is 1. The van der Waals surface area contributed by atoms with Gasteiger partial charge in [0.05, 0.1) is 0 Å². The molecule has 3 nitrogen and oxygen atoms in total. The number of piperidine rings is 1. The van der Waals surface area contributed by atoms with Gasteiger partial charge >= 0.3 is 0 Å². The van der Waals surface area contributed by atoms with Crippen molar-refractivity contribution < 1.29 is 4.79 Å². The van der Waals surface area contributed by atoms with E-state index >= 15 is 0 Å². The number of nitrogens with zero attached hydrogens (tertiary/aromatic N) is 1. The monoisotopic (exact) mass is 322 g/mol. The molecule has 2 rings (SSSR count). The van der Waals surface area contributed by atoms with E-state index in [0.717, 1.165) is 42.4 Å². The van der Waals surface area contributed by atoms with Crippen LogP contribution < -0.4 is 5.32 Å². The molecule has 122 valence electrons. The zero-order valence-corrected chi connectivity index (χ0v) is 14.2. The molecule has 1 saturated heterocycles. The molecule has 0 radical (unpaired) electrons. The van der Waals surface area contributed by atoms with Gasteiger partial charge < -0.3 is 10.2 Å². The number of benzene rings is 1. The largest absolute Gasteiger partial charge is 0.356 e. The number of likely N-dealkylation sites (tertiary alicyclic amines) is 1. The predicted molar refractivity (Wildman–Crippen MR) is 92.2 cm³/mol. The van der Waals surface area contributed by atoms with Gasteiger partial charge in [-0.25, -0.2) is 0 Å². The fourth-order valence-electron chi connectivity index (χ4n) is 3.02. The van der Waals surface area contributed by atoms with Crippen LogP contribution >= 0.6 is 11.6 Å². The number of hydrogen-bond donors (Lipinski definition) is 1. The minimum atomic E-state index is 0.141. The quantitative estimate of drug-likeness (QED) is 0.779. The number of amides is 1. The van der Waals surface area contributed by atoms with Crippen molar-refractivity contribution in [3.05, 3.63) is 34.9 Å². The lowest BCUT2D eigenvalue weighted by atomic mass is 10.0. The molecule has 22 heavy (non-hydrogen) atoms. The van der Waals surface area contributed by atoms with Crippen LogP contribution in [0.1, 0.15) is 38.2 Å². The number of hydrogen-bond acceptors (Lipinski definition) is 2. The Hall–Kier alpha value is -1.06. The number of carbonyl (C=O) groups is 1. The molecule has 1 N–H and O–H groups in total. The van der Waals surface area contributed by atoms with Crippen LogP contribution in [0.4, 0.5) is 0 Å². The number of aryl methyl sites for hydroxylation is 1. The number of nitrogens with one attached hydrogen (secondary N) is 1. The Balaban J connectivity index is 1.55. The van der Waals surface area contributed by atoms with Crippen LogP contribution in [-0.2, 0) is 11.2 Å². The van der Waals surface area contributed by atoms with Crippen LogP contribution in [0, 0.1) is 5.92 Å². The van der Waals surface area contributed by atoms with Crippen molar-refractivity contribution in [3.63, 3.8) is 0 Å². The molecule has 4 heteroatoms. The van der Waals surface area contributed by atoms with Crippen molar-refractivity contribution in [2.75, 3.05) is 26.2 Å². The van der Waals surface area contributed by atoms with Crippen LogP contribution in [0.5, 0.6) is 0 Å². The summed E-state index contributed by atoms with van der Waals surface area (Å²) in [5.74, 6) is 0.963. The summed E-state index contributed by atoms with van der Waals surface area (Å²) in [6.45, 7) is 6.64. The van der Waals surface area contributed by atoms with Crippen molar-refractivity contribution >= 4 is 17.5 Å². The molecule has 0 bridgehead atoms. The second-order valence-corrected chi connectivity index (χ2v) is 6.81. The third-order valence-electron chi connectivity index (χ3n) is 4.27. The van der Waals surface area contributed by atoms with Crippen LogP contribution in [0.25, 0.3) is 0 Å². The molecule has 0 unspecified atom stereocenters. The summed E-state index contributed by atoms with van der Waals surface area (Å²) in [5, 5.41) is 3.76. The lowest BCUT2D eigenvalue weighted by molar-refractivity contribution is -0.121. The maximum absolute atomic E-state index is 11.8. The van der Waals surface area contributed by atoms with E-state index in [2.05, 4.69) is 17.1 Å². The molecule has 1 aromatic rings. The van der Waals surface area contributed by atoms with E-state index in [4.69, 9.17) is 11.6 Å². The predicted octanol–water partition coefficient (Wildman–Crippen LogP) is 3.51. The van der Waals surface area contributed by atoms with Gasteiger partial charge in [0.15, 0.2) is 0 Å². The fourth-order valence-corrected chi connectivity index (χ4v) is 3.14. The molecular formula is C18H27ClN2O. The molecule has 1 aliphatic rings. The van der Waals surface area contributed by atoms with Gasteiger partial charge in [0.2, 0.25) is 5.91 Å². The topological polar surface area (TPSA) is 32.3 Å². The van der Waals surface area contributed by atoms with Crippen LogP contribution in [0.2, 0.25) is 5.02 Å². The Morgan fingerprint density at radius 1 is 1.36 bits per heavy atom. The van der Waals surface area contributed by atoms with E-state index in [1.165, 1.54) is 25.9 Å². The number of carbonyl (C=O) groups excluding carboxylic acids is 1. The van der Waals surface area contributed by atoms with E-state index in [0.29, 0.717) is 6.42 Å². The van der Waals surface area contributed by atoms with Gasteiger partial charge in [0, 0.05) is 24.5 Å². The Bertz CT molecular complexity index is 461. The zero-order valence-electron chi connectivity index (χ0n) is 13.5. The Morgan fingerprint density at radius 3 is 2.86 bits per heavy atom. The lowest BCUT2D eigenvalue weighted by Crippen LogP contribution is -2.36. The summed E-state index contributed by atoms with van der Waals surface area (Å²) in [5.41, 5.74) is 1.15. The van der Waals surface area contributed by atoms with Gasteiger partial charge in [-0.3, -0.25) is 4.79 Å². The van der Waals surface area contributed by atoms with Crippen molar-refractivity contribution in [2.45, 2.75) is 39.0 Å². The first-order valence-electron chi connectivity index (χ1n) is 8.37. The van der Waals surface area contributed by atoms with Gasteiger partial charge in [-0.05, 0) is 62.4 Å². The summed E-state index contributed by atoms with van der Waals surface area (Å²) in [6.07, 6.45) is 5.03. The highest BCUT2D eigenvalue weighted by Gasteiger charge is 2.15. The molecule has 1 fully saturated rings. The molecule has 1 amide bonds. The van der Waals surface area contributed by atoms with Crippen LogP contribution in [-0.4, -0.2) is 37.0 Å². The SMILES string of the molecule is C[C@@H]1CCCN(CCCNC(=O)CCc2ccc(Cl)cc2)C1. The minimum Gasteiger partial charge on any atom is -0.356 e. The standard InChI is InChI=1S/C18H27ClN2O/c1-15-4-2-12-21(14-15)13-3-11-20-18(22)10-7-16-5-8-17(19)9-6-16/h5-6,8-9,15H,2-4,7,10-14H2,1H3,(H,20,22)/t15-/m1/s1. The van der Waals surface area contributed by atoms with E-state index in [1.807, 2.05) is 24.3 Å². The maximum atomic E-state index is 11.8. The normalized spacial score (nSPS) is 19.1. The molecule has 0 saturated carbocycles. The van der Waals surface area contributed by atoms with Gasteiger partial charge in [-0.2, -0.15) is 0 Å². The molecule has 0 aliphatic carbocycles. The molecule has 1 atom stereocenters. The first-order chi connectivity index (χ1) is 10.6. The van der Waals surface area contributed by atoms with E-state index in [-0.39, 0.29) is 5.91 Å². The highest BCUT2D eigenvalue weighted by molar-refractivity contribution is 6.30. The molecular weight excluding hydrogens is 296 g/mol. The van der Waals surface area contributed by atoms with Crippen molar-refractivity contribution in [1.82, 2.24) is 10.2 Å². The summed E-state index contributed by atoms with van der Waals surface area (Å²) in [7, 11) is 0. The third kappa shape index (κ3) is 6.37. The zero-order chi connectivity index (χ0) is 15.8. The van der Waals surface area contributed by atoms with Crippen molar-refractivity contribution in [3.8, 4) is 0 Å². The third-order valence-corrected chi connectivity index (χ3v) is 4.52. The first kappa shape index (κ1) is 17.3. The summed E-state index contributed by atoms with van der Waals surface area (Å²) in [4.78, 5) is 14.4. The van der Waals surface area contributed by atoms with E-state index < -0.39 is 0 Å². The van der Waals surface area contributed by atoms with Crippen molar-refractivity contribution in [1.29, 1.82) is 0 Å². The summed E-state index contributed by atoms with van der Waals surface area (Å²) in [6, 6.07) is 7.70. The summed E-state index contributed by atoms with van der Waals surface area (Å²) < 4.78 is 0. The van der Waals surface area contributed by atoms with Gasteiger partial charge in [0.1, 0.15) is 0 Å². The van der Waals surface area contributed by atoms with Crippen LogP contribution in [0.3, 0.4) is 0 Å². The van der Waals surface area contributed by atoms with Crippen molar-refractivity contribution in [2.24, 2.45) is 5.92 Å². The molecule has 1 aromatic carbocycles. The van der Waals surface area contributed by atoms with Gasteiger partial charge in [-0.15, -0.1) is 0 Å². The molecule has 0 aromatic heterocycles. The Morgan fingerprint density at radius 2 is 2.14 bits per heavy atom. The fraction of sp³-hybridized carbons (Fsp3) is 0.611. The van der Waals surface area contributed by atoms with E-state index in [9.17, 15) is 4.79 Å². The second kappa shape index (κ2) is 9.16. The maximum Gasteiger partial charge on any atom is 0.220 e. The van der Waals surface area contributed by atoms with Gasteiger partial charge in [0.25, 0.3) is 0 Å². The van der Waals surface area contributed by atoms with E-state index in [1.54, 1.807) is 0 Å². The molecule has 1 aliphatic heterocycles. The minimum absolute atomic E-state index is 0.141. The molecule has 1 heterocycles. The first-order valence-corrected chi connectivity index (χ1v) is 8.75.